The normalized spacial score (nSPS) is 26.1. The van der Waals surface area contributed by atoms with E-state index in [1.165, 1.54) is 0 Å². The number of hydrogen-bond acceptors (Lipinski definition) is 3. The molecule has 2 fully saturated rings. The highest BCUT2D eigenvalue weighted by molar-refractivity contribution is 5.83. The Morgan fingerprint density at radius 2 is 1.96 bits per heavy atom. The zero-order chi connectivity index (χ0) is 16.7. The van der Waals surface area contributed by atoms with Gasteiger partial charge in [-0.05, 0) is 55.7 Å². The minimum Gasteiger partial charge on any atom is -0.508 e. The first-order valence-electron chi connectivity index (χ1n) is 9.03. The number of benzene rings is 1. The van der Waals surface area contributed by atoms with E-state index in [4.69, 9.17) is 0 Å². The number of aromatic hydroxyl groups is 1. The number of rotatable bonds is 3. The van der Waals surface area contributed by atoms with Gasteiger partial charge in [0, 0.05) is 19.0 Å². The lowest BCUT2D eigenvalue weighted by Gasteiger charge is -2.33. The van der Waals surface area contributed by atoms with Crippen molar-refractivity contribution >= 4 is 11.8 Å². The molecule has 1 saturated carbocycles. The largest absolute Gasteiger partial charge is 0.508 e. The minimum absolute atomic E-state index is 0.0193. The molecule has 2 atom stereocenters. The van der Waals surface area contributed by atoms with Crippen LogP contribution in [0.1, 0.15) is 49.3 Å². The fraction of sp³-hybridized carbons (Fsp3) is 0.579. The molecule has 2 aliphatic carbocycles. The lowest BCUT2D eigenvalue weighted by atomic mass is 9.96. The zero-order valence-electron chi connectivity index (χ0n) is 13.8. The number of fused-ring (bicyclic) bond motifs is 1. The summed E-state index contributed by atoms with van der Waals surface area (Å²) in [7, 11) is 0. The number of piperidine rings is 1. The van der Waals surface area contributed by atoms with Crippen LogP contribution in [0.2, 0.25) is 0 Å². The Bertz CT molecular complexity index is 669. The van der Waals surface area contributed by atoms with Gasteiger partial charge in [0.15, 0.2) is 0 Å². The van der Waals surface area contributed by atoms with Crippen LogP contribution in [-0.4, -0.2) is 34.9 Å². The monoisotopic (exact) mass is 328 g/mol. The summed E-state index contributed by atoms with van der Waals surface area (Å²) in [6.07, 6.45) is 5.39. The molecule has 4 rings (SSSR count). The highest BCUT2D eigenvalue weighted by Gasteiger charge is 2.37. The number of carbonyl (C=O) groups is 2. The number of phenolic OH excluding ortho intramolecular Hbond substituents is 1. The third-order valence-electron chi connectivity index (χ3n) is 5.59. The Kier molecular flexibility index (Phi) is 3.94. The van der Waals surface area contributed by atoms with E-state index < -0.39 is 0 Å². The van der Waals surface area contributed by atoms with Gasteiger partial charge < -0.3 is 15.3 Å². The maximum atomic E-state index is 12.7. The molecule has 0 bridgehead atoms. The van der Waals surface area contributed by atoms with Crippen LogP contribution < -0.4 is 5.32 Å². The van der Waals surface area contributed by atoms with Crippen molar-refractivity contribution in [3.05, 3.63) is 29.3 Å². The number of phenols is 1. The van der Waals surface area contributed by atoms with Crippen LogP contribution in [0, 0.1) is 11.8 Å². The number of likely N-dealkylation sites (tertiary alicyclic amines) is 1. The zero-order valence-corrected chi connectivity index (χ0v) is 13.8. The van der Waals surface area contributed by atoms with Crippen molar-refractivity contribution in [2.75, 3.05) is 13.1 Å². The van der Waals surface area contributed by atoms with Gasteiger partial charge >= 0.3 is 0 Å². The fourth-order valence-corrected chi connectivity index (χ4v) is 4.05. The van der Waals surface area contributed by atoms with Gasteiger partial charge in [-0.3, -0.25) is 9.59 Å². The van der Waals surface area contributed by atoms with E-state index in [0.717, 1.165) is 56.2 Å². The first-order chi connectivity index (χ1) is 11.6. The minimum atomic E-state index is -0.109. The average molecular weight is 328 g/mol. The van der Waals surface area contributed by atoms with Crippen molar-refractivity contribution in [3.63, 3.8) is 0 Å². The van der Waals surface area contributed by atoms with E-state index >= 15 is 0 Å². The molecule has 24 heavy (non-hydrogen) atoms. The van der Waals surface area contributed by atoms with Crippen LogP contribution in [0.25, 0.3) is 0 Å². The third kappa shape index (κ3) is 2.87. The van der Waals surface area contributed by atoms with E-state index in [-0.39, 0.29) is 29.7 Å². The van der Waals surface area contributed by atoms with E-state index in [1.54, 1.807) is 6.07 Å². The third-order valence-corrected chi connectivity index (χ3v) is 5.59. The number of nitrogens with zero attached hydrogens (tertiary/aromatic N) is 1. The maximum Gasteiger partial charge on any atom is 0.225 e. The molecule has 0 spiro atoms. The number of amides is 2. The second-order valence-electron chi connectivity index (χ2n) is 7.34. The highest BCUT2D eigenvalue weighted by Crippen LogP contribution is 2.37. The van der Waals surface area contributed by atoms with E-state index in [2.05, 4.69) is 5.32 Å². The first-order valence-corrected chi connectivity index (χ1v) is 9.03. The second kappa shape index (κ2) is 6.11. The van der Waals surface area contributed by atoms with Crippen LogP contribution in [0.4, 0.5) is 0 Å². The van der Waals surface area contributed by atoms with Gasteiger partial charge in [0.2, 0.25) is 11.8 Å². The Balaban J connectivity index is 1.40. The van der Waals surface area contributed by atoms with Crippen molar-refractivity contribution in [1.29, 1.82) is 0 Å². The Morgan fingerprint density at radius 3 is 2.75 bits per heavy atom. The van der Waals surface area contributed by atoms with E-state index in [0.29, 0.717) is 12.3 Å². The molecule has 3 aliphatic rings. The predicted molar refractivity (Wildman–Crippen MR) is 89.3 cm³/mol. The summed E-state index contributed by atoms with van der Waals surface area (Å²) in [6.45, 7) is 1.35. The fourth-order valence-electron chi connectivity index (χ4n) is 4.05. The molecule has 5 nitrogen and oxygen atoms in total. The molecular formula is C19H24N2O3. The molecule has 2 N–H and O–H groups in total. The van der Waals surface area contributed by atoms with Crippen molar-refractivity contribution in [2.45, 2.75) is 44.6 Å². The van der Waals surface area contributed by atoms with Gasteiger partial charge in [-0.1, -0.05) is 12.1 Å². The van der Waals surface area contributed by atoms with Gasteiger partial charge in [0.25, 0.3) is 0 Å². The van der Waals surface area contributed by atoms with Crippen LogP contribution in [0.3, 0.4) is 0 Å². The van der Waals surface area contributed by atoms with Crippen molar-refractivity contribution in [1.82, 2.24) is 10.2 Å². The van der Waals surface area contributed by atoms with Crippen molar-refractivity contribution < 1.29 is 14.7 Å². The van der Waals surface area contributed by atoms with Crippen molar-refractivity contribution in [3.8, 4) is 5.75 Å². The molecular weight excluding hydrogens is 304 g/mol. The topological polar surface area (TPSA) is 69.6 Å². The molecule has 0 unspecified atom stereocenters. The Labute approximate surface area is 142 Å². The molecule has 1 aliphatic heterocycles. The summed E-state index contributed by atoms with van der Waals surface area (Å²) in [5.41, 5.74) is 1.99. The quantitative estimate of drug-likeness (QED) is 0.893. The summed E-state index contributed by atoms with van der Waals surface area (Å²) in [5.74, 6) is 0.718. The standard InChI is InChI=1S/C19H24N2O3/c22-17-5-1-4-14-15(17)8-9-16(14)20-18(23)13-3-2-10-21(11-13)19(24)12-6-7-12/h1,4-5,12-13,16,22H,2-3,6-11H2,(H,20,23)/t13-,16+/m1/s1. The second-order valence-corrected chi connectivity index (χ2v) is 7.34. The summed E-state index contributed by atoms with van der Waals surface area (Å²) in [5, 5.41) is 13.1. The summed E-state index contributed by atoms with van der Waals surface area (Å²) < 4.78 is 0. The van der Waals surface area contributed by atoms with Crippen molar-refractivity contribution in [2.24, 2.45) is 11.8 Å². The SMILES string of the molecule is O=C(N[C@H]1CCc2c(O)cccc21)[C@@H]1CCCN(C(=O)C2CC2)C1. The lowest BCUT2D eigenvalue weighted by molar-refractivity contribution is -0.137. The highest BCUT2D eigenvalue weighted by atomic mass is 16.3. The van der Waals surface area contributed by atoms with E-state index in [9.17, 15) is 14.7 Å². The van der Waals surface area contributed by atoms with Gasteiger partial charge in [0.05, 0.1) is 12.0 Å². The van der Waals surface area contributed by atoms with Gasteiger partial charge in [-0.2, -0.15) is 0 Å². The molecule has 5 heteroatoms. The average Bonchev–Trinajstić information content (AvgIpc) is 3.37. The number of nitrogens with one attached hydrogen (secondary N) is 1. The first kappa shape index (κ1) is 15.5. The molecule has 0 aromatic heterocycles. The summed E-state index contributed by atoms with van der Waals surface area (Å²) in [6, 6.07) is 5.49. The Morgan fingerprint density at radius 1 is 1.12 bits per heavy atom. The van der Waals surface area contributed by atoms with Crippen LogP contribution >= 0.6 is 0 Å². The van der Waals surface area contributed by atoms with E-state index in [1.807, 2.05) is 17.0 Å². The lowest BCUT2D eigenvalue weighted by Crippen LogP contribution is -2.46. The molecule has 128 valence electrons. The molecule has 1 heterocycles. The smallest absolute Gasteiger partial charge is 0.225 e. The molecule has 0 radical (unpaired) electrons. The number of carbonyl (C=O) groups excluding carboxylic acids is 2. The van der Waals surface area contributed by atoms with Gasteiger partial charge in [-0.15, -0.1) is 0 Å². The van der Waals surface area contributed by atoms with Gasteiger partial charge in [-0.25, -0.2) is 0 Å². The molecule has 1 aromatic carbocycles. The van der Waals surface area contributed by atoms with Gasteiger partial charge in [0.1, 0.15) is 5.75 Å². The number of hydrogen-bond donors (Lipinski definition) is 2. The molecule has 1 aromatic rings. The summed E-state index contributed by atoms with van der Waals surface area (Å²) in [4.78, 5) is 26.8. The summed E-state index contributed by atoms with van der Waals surface area (Å²) >= 11 is 0. The predicted octanol–water partition coefficient (Wildman–Crippen LogP) is 2.14. The van der Waals surface area contributed by atoms with Crippen LogP contribution in [0.15, 0.2) is 18.2 Å². The van der Waals surface area contributed by atoms with Crippen LogP contribution in [-0.2, 0) is 16.0 Å². The molecule has 1 saturated heterocycles. The Hall–Kier alpha value is -2.04. The molecule has 2 amide bonds. The maximum absolute atomic E-state index is 12.7. The van der Waals surface area contributed by atoms with Crippen LogP contribution in [0.5, 0.6) is 5.75 Å².